The van der Waals surface area contributed by atoms with Crippen LogP contribution in [0.5, 0.6) is 0 Å². The van der Waals surface area contributed by atoms with E-state index in [1.165, 1.54) is 7.11 Å². The molecule has 1 N–H and O–H groups in total. The van der Waals surface area contributed by atoms with Crippen LogP contribution >= 0.6 is 0 Å². The molecule has 0 aliphatic carbocycles. The maximum absolute atomic E-state index is 10.9. The molecule has 0 spiro atoms. The fraction of sp³-hybridized carbons (Fsp3) is 0.571. The van der Waals surface area contributed by atoms with Gasteiger partial charge in [-0.1, -0.05) is 68.4 Å². The van der Waals surface area contributed by atoms with Crippen molar-refractivity contribution in [2.45, 2.75) is 70.8 Å². The normalized spacial score (nSPS) is 13.6. The number of allylic oxidation sites excluding steroid dienone is 7. The Kier molecular flexibility index (Phi) is 16.5. The Morgan fingerprint density at radius 1 is 0.958 bits per heavy atom. The van der Waals surface area contributed by atoms with E-state index in [0.717, 1.165) is 51.4 Å². The third kappa shape index (κ3) is 16.8. The summed E-state index contributed by atoms with van der Waals surface area (Å²) in [6.07, 6.45) is 24.4. The van der Waals surface area contributed by atoms with Crippen molar-refractivity contribution in [2.24, 2.45) is 0 Å². The van der Waals surface area contributed by atoms with E-state index in [4.69, 9.17) is 0 Å². The molecule has 0 amide bonds. The third-order valence-electron chi connectivity index (χ3n) is 3.51. The summed E-state index contributed by atoms with van der Waals surface area (Å²) < 4.78 is 4.59. The summed E-state index contributed by atoms with van der Waals surface area (Å²) in [5.41, 5.74) is 0. The van der Waals surface area contributed by atoms with E-state index in [1.54, 1.807) is 0 Å². The fourth-order valence-corrected chi connectivity index (χ4v) is 2.05. The van der Waals surface area contributed by atoms with Crippen LogP contribution in [-0.4, -0.2) is 24.3 Å². The van der Waals surface area contributed by atoms with Gasteiger partial charge in [0.2, 0.25) is 0 Å². The molecule has 0 aliphatic heterocycles. The Balaban J connectivity index is 3.54. The molecular weight excluding hydrogens is 300 g/mol. The molecule has 1 unspecified atom stereocenters. The van der Waals surface area contributed by atoms with Gasteiger partial charge in [0.05, 0.1) is 13.2 Å². The van der Waals surface area contributed by atoms with Crippen molar-refractivity contribution >= 4 is 5.97 Å². The van der Waals surface area contributed by atoms with Crippen molar-refractivity contribution < 1.29 is 14.6 Å². The summed E-state index contributed by atoms with van der Waals surface area (Å²) in [5.74, 6) is -0.139. The Morgan fingerprint density at radius 2 is 1.54 bits per heavy atom. The number of hydrogen-bond donors (Lipinski definition) is 1. The summed E-state index contributed by atoms with van der Waals surface area (Å²) in [4.78, 5) is 10.9. The summed E-state index contributed by atoms with van der Waals surface area (Å²) >= 11 is 0. The van der Waals surface area contributed by atoms with Crippen molar-refractivity contribution in [3.05, 3.63) is 48.6 Å². The van der Waals surface area contributed by atoms with Gasteiger partial charge >= 0.3 is 5.97 Å². The van der Waals surface area contributed by atoms with Crippen LogP contribution in [0.1, 0.15) is 64.7 Å². The molecule has 0 saturated heterocycles. The van der Waals surface area contributed by atoms with Gasteiger partial charge in [0.15, 0.2) is 0 Å². The van der Waals surface area contributed by atoms with E-state index in [1.807, 2.05) is 12.2 Å². The summed E-state index contributed by atoms with van der Waals surface area (Å²) in [6.45, 7) is 2.13. The minimum atomic E-state index is -0.294. The smallest absolute Gasteiger partial charge is 0.305 e. The zero-order chi connectivity index (χ0) is 17.9. The second-order valence-electron chi connectivity index (χ2n) is 5.73. The highest BCUT2D eigenvalue weighted by atomic mass is 16.5. The number of aliphatic hydroxyl groups is 1. The van der Waals surface area contributed by atoms with Gasteiger partial charge < -0.3 is 9.84 Å². The number of hydrogen-bond acceptors (Lipinski definition) is 3. The molecule has 0 aliphatic rings. The van der Waals surface area contributed by atoms with Gasteiger partial charge in [-0.15, -0.1) is 0 Å². The van der Waals surface area contributed by atoms with Crippen LogP contribution in [0.25, 0.3) is 0 Å². The highest BCUT2D eigenvalue weighted by Crippen LogP contribution is 2.02. The molecule has 0 aromatic heterocycles. The number of carbonyl (C=O) groups excluding carboxylic acids is 1. The van der Waals surface area contributed by atoms with Crippen LogP contribution in [0.3, 0.4) is 0 Å². The highest BCUT2D eigenvalue weighted by molar-refractivity contribution is 5.69. The van der Waals surface area contributed by atoms with Gasteiger partial charge in [0, 0.05) is 6.42 Å². The molecule has 0 fully saturated rings. The van der Waals surface area contributed by atoms with Crippen molar-refractivity contribution in [1.29, 1.82) is 0 Å². The van der Waals surface area contributed by atoms with Crippen LogP contribution < -0.4 is 0 Å². The number of carbonyl (C=O) groups is 1. The molecule has 0 saturated carbocycles. The molecule has 3 heteroatoms. The van der Waals surface area contributed by atoms with Crippen LogP contribution in [-0.2, 0) is 9.53 Å². The topological polar surface area (TPSA) is 46.5 Å². The van der Waals surface area contributed by atoms with E-state index in [0.29, 0.717) is 6.42 Å². The van der Waals surface area contributed by atoms with Crippen LogP contribution in [0.15, 0.2) is 48.6 Å². The van der Waals surface area contributed by atoms with E-state index in [-0.39, 0.29) is 12.1 Å². The molecule has 0 rings (SSSR count). The second kappa shape index (κ2) is 17.7. The van der Waals surface area contributed by atoms with E-state index < -0.39 is 0 Å². The molecule has 0 bridgehead atoms. The first-order valence-electron chi connectivity index (χ1n) is 9.07. The molecule has 0 radical (unpaired) electrons. The lowest BCUT2D eigenvalue weighted by molar-refractivity contribution is -0.140. The lowest BCUT2D eigenvalue weighted by atomic mass is 10.1. The molecule has 3 nitrogen and oxygen atoms in total. The minimum absolute atomic E-state index is 0.139. The van der Waals surface area contributed by atoms with Gasteiger partial charge in [-0.05, 0) is 38.5 Å². The predicted octanol–water partition coefficient (Wildman–Crippen LogP) is 5.28. The largest absolute Gasteiger partial charge is 0.469 e. The molecule has 136 valence electrons. The lowest BCUT2D eigenvalue weighted by Crippen LogP contribution is -2.00. The van der Waals surface area contributed by atoms with E-state index in [9.17, 15) is 9.90 Å². The Hall–Kier alpha value is -1.61. The average Bonchev–Trinajstić information content (AvgIpc) is 2.59. The quantitative estimate of drug-likeness (QED) is 0.267. The molecule has 0 aromatic rings. The summed E-state index contributed by atoms with van der Waals surface area (Å²) in [5, 5.41) is 9.65. The number of rotatable bonds is 14. The predicted molar refractivity (Wildman–Crippen MR) is 102 cm³/mol. The van der Waals surface area contributed by atoms with Crippen molar-refractivity contribution in [3.8, 4) is 0 Å². The van der Waals surface area contributed by atoms with Gasteiger partial charge in [0.1, 0.15) is 0 Å². The van der Waals surface area contributed by atoms with Crippen molar-refractivity contribution in [1.82, 2.24) is 0 Å². The third-order valence-corrected chi connectivity index (χ3v) is 3.51. The van der Waals surface area contributed by atoms with Crippen LogP contribution in [0, 0.1) is 0 Å². The van der Waals surface area contributed by atoms with E-state index >= 15 is 0 Å². The van der Waals surface area contributed by atoms with Crippen LogP contribution in [0.4, 0.5) is 0 Å². The lowest BCUT2D eigenvalue weighted by Gasteiger charge is -2.02. The maximum Gasteiger partial charge on any atom is 0.305 e. The first-order chi connectivity index (χ1) is 11.7. The van der Waals surface area contributed by atoms with Crippen LogP contribution in [0.2, 0.25) is 0 Å². The first-order valence-corrected chi connectivity index (χ1v) is 9.07. The zero-order valence-electron chi connectivity index (χ0n) is 15.3. The molecule has 24 heavy (non-hydrogen) atoms. The van der Waals surface area contributed by atoms with E-state index in [2.05, 4.69) is 48.1 Å². The van der Waals surface area contributed by atoms with Gasteiger partial charge in [-0.3, -0.25) is 4.79 Å². The Bertz CT molecular complexity index is 405. The zero-order valence-corrected chi connectivity index (χ0v) is 15.3. The molecule has 0 aromatic carbocycles. The average molecular weight is 335 g/mol. The fourth-order valence-electron chi connectivity index (χ4n) is 2.05. The molecule has 0 heterocycles. The highest BCUT2D eigenvalue weighted by Gasteiger charge is 1.96. The summed E-state index contributed by atoms with van der Waals surface area (Å²) in [7, 11) is 1.42. The van der Waals surface area contributed by atoms with Crippen molar-refractivity contribution in [3.63, 3.8) is 0 Å². The minimum Gasteiger partial charge on any atom is -0.469 e. The maximum atomic E-state index is 10.9. The monoisotopic (exact) mass is 334 g/mol. The van der Waals surface area contributed by atoms with Gasteiger partial charge in [0.25, 0.3) is 0 Å². The Labute approximate surface area is 147 Å². The molecule has 1 atom stereocenters. The first kappa shape index (κ1) is 22.4. The number of unbranched alkanes of at least 4 members (excludes halogenated alkanes) is 2. The number of aliphatic hydroxyl groups excluding tert-OH is 1. The number of ether oxygens (including phenoxy) is 1. The second-order valence-corrected chi connectivity index (χ2v) is 5.73. The summed E-state index contributed by atoms with van der Waals surface area (Å²) in [6, 6.07) is 0. The van der Waals surface area contributed by atoms with Crippen molar-refractivity contribution in [2.75, 3.05) is 7.11 Å². The number of methoxy groups -OCH3 is 1. The standard InChI is InChI=1S/C21H34O3/c1-3-4-17-20(22)18-15-13-11-9-7-5-6-8-10-12-14-16-19-21(23)24-2/h5-6,9-12,15,18,20,22H,3-4,7-8,13-14,16-17,19H2,1-2H3/b6-5+,11-9+,12-10+,18-15+. The number of esters is 1. The Morgan fingerprint density at radius 3 is 2.12 bits per heavy atom. The van der Waals surface area contributed by atoms with Gasteiger partial charge in [-0.2, -0.15) is 0 Å². The van der Waals surface area contributed by atoms with Gasteiger partial charge in [-0.25, -0.2) is 0 Å². The molecular formula is C21H34O3. The SMILES string of the molecule is CCCCC(O)/C=C/C/C=C/C/C=C/C/C=C/CCCC(=O)OC.